The van der Waals surface area contributed by atoms with Crippen molar-refractivity contribution in [3.63, 3.8) is 0 Å². The van der Waals surface area contributed by atoms with Crippen LogP contribution in [-0.4, -0.2) is 29.1 Å². The molecular weight excluding hydrogens is 378 g/mol. The Morgan fingerprint density at radius 3 is 2.67 bits per heavy atom. The van der Waals surface area contributed by atoms with Crippen LogP contribution in [0.5, 0.6) is 0 Å². The minimum absolute atomic E-state index is 0.0995. The fraction of sp³-hybridized carbons (Fsp3) is 0.375. The Morgan fingerprint density at radius 2 is 2.00 bits per heavy atom. The van der Waals surface area contributed by atoms with Crippen LogP contribution in [0.2, 0.25) is 0 Å². The van der Waals surface area contributed by atoms with E-state index in [-0.39, 0.29) is 23.5 Å². The summed E-state index contributed by atoms with van der Waals surface area (Å²) in [6.45, 7) is 5.97. The van der Waals surface area contributed by atoms with Crippen LogP contribution in [-0.2, 0) is 9.53 Å². The Balaban J connectivity index is 1.90. The first-order valence-electron chi connectivity index (χ1n) is 10.3. The molecule has 1 aromatic heterocycles. The van der Waals surface area contributed by atoms with Crippen molar-refractivity contribution in [3.8, 4) is 11.8 Å². The SMILES string of the molecule is CCOC(=O)c1cccc(-n2c(C)cc(/C=C(/C#N)C(=O)NC3CCCC3)c2C)c1. The molecule has 1 amide bonds. The molecule has 0 atom stereocenters. The monoisotopic (exact) mass is 405 g/mol. The van der Waals surface area contributed by atoms with Gasteiger partial charge in [0.15, 0.2) is 0 Å². The first-order valence-corrected chi connectivity index (χ1v) is 10.3. The summed E-state index contributed by atoms with van der Waals surface area (Å²) < 4.78 is 7.09. The van der Waals surface area contributed by atoms with Gasteiger partial charge in [-0.05, 0) is 69.5 Å². The predicted octanol–water partition coefficient (Wildman–Crippen LogP) is 4.24. The lowest BCUT2D eigenvalue weighted by atomic mass is 10.1. The van der Waals surface area contributed by atoms with Gasteiger partial charge in [0, 0.05) is 23.1 Å². The summed E-state index contributed by atoms with van der Waals surface area (Å²) in [5.41, 5.74) is 4.02. The van der Waals surface area contributed by atoms with E-state index in [2.05, 4.69) is 5.32 Å². The third kappa shape index (κ3) is 4.62. The molecule has 6 heteroatoms. The first-order chi connectivity index (χ1) is 14.4. The number of rotatable bonds is 6. The predicted molar refractivity (Wildman–Crippen MR) is 115 cm³/mol. The van der Waals surface area contributed by atoms with Gasteiger partial charge in [-0.1, -0.05) is 18.9 Å². The largest absolute Gasteiger partial charge is 0.462 e. The van der Waals surface area contributed by atoms with Crippen molar-refractivity contribution in [2.45, 2.75) is 52.5 Å². The van der Waals surface area contributed by atoms with E-state index in [1.165, 1.54) is 0 Å². The number of carbonyl (C=O) groups is 2. The molecule has 0 saturated heterocycles. The van der Waals surface area contributed by atoms with Crippen molar-refractivity contribution in [3.05, 3.63) is 58.4 Å². The number of benzene rings is 1. The summed E-state index contributed by atoms with van der Waals surface area (Å²) >= 11 is 0. The number of nitrogens with zero attached hydrogens (tertiary/aromatic N) is 2. The van der Waals surface area contributed by atoms with Crippen molar-refractivity contribution in [2.24, 2.45) is 0 Å². The van der Waals surface area contributed by atoms with E-state index in [9.17, 15) is 14.9 Å². The molecule has 0 aliphatic heterocycles. The molecule has 156 valence electrons. The van der Waals surface area contributed by atoms with Gasteiger partial charge in [-0.3, -0.25) is 4.79 Å². The quantitative estimate of drug-likeness (QED) is 0.443. The second kappa shape index (κ2) is 9.45. The highest BCUT2D eigenvalue weighted by molar-refractivity contribution is 6.02. The standard InChI is InChI=1S/C24H27N3O3/c1-4-30-24(29)18-8-7-11-22(14-18)27-16(2)12-19(17(27)3)13-20(15-25)23(28)26-21-9-5-6-10-21/h7-8,11-14,21H,4-6,9-10H2,1-3H3,(H,26,28)/b20-13-. The molecule has 0 spiro atoms. The van der Waals surface area contributed by atoms with Gasteiger partial charge in [-0.25, -0.2) is 4.79 Å². The molecule has 0 bridgehead atoms. The molecule has 1 heterocycles. The number of hydrogen-bond donors (Lipinski definition) is 1. The maximum Gasteiger partial charge on any atom is 0.338 e. The zero-order valence-corrected chi connectivity index (χ0v) is 17.7. The van der Waals surface area contributed by atoms with E-state index in [0.29, 0.717) is 12.2 Å². The fourth-order valence-corrected chi connectivity index (χ4v) is 3.95. The molecule has 0 unspecified atom stereocenters. The van der Waals surface area contributed by atoms with E-state index in [4.69, 9.17) is 4.74 Å². The highest BCUT2D eigenvalue weighted by atomic mass is 16.5. The van der Waals surface area contributed by atoms with Crippen LogP contribution in [0.1, 0.15) is 59.9 Å². The van der Waals surface area contributed by atoms with E-state index in [1.54, 1.807) is 25.1 Å². The Labute approximate surface area is 177 Å². The number of ether oxygens (including phenoxy) is 1. The molecule has 3 rings (SSSR count). The van der Waals surface area contributed by atoms with Gasteiger partial charge in [0.05, 0.1) is 12.2 Å². The van der Waals surface area contributed by atoms with Crippen molar-refractivity contribution in [1.29, 1.82) is 5.26 Å². The van der Waals surface area contributed by atoms with Crippen molar-refractivity contribution < 1.29 is 14.3 Å². The summed E-state index contributed by atoms with van der Waals surface area (Å²) in [5, 5.41) is 12.5. The molecule has 1 saturated carbocycles. The fourth-order valence-electron chi connectivity index (χ4n) is 3.95. The van der Waals surface area contributed by atoms with Crippen LogP contribution in [0.4, 0.5) is 0 Å². The summed E-state index contributed by atoms with van der Waals surface area (Å²) in [5.74, 6) is -0.684. The molecule has 1 aliphatic rings. The van der Waals surface area contributed by atoms with Gasteiger partial charge >= 0.3 is 5.97 Å². The van der Waals surface area contributed by atoms with Crippen LogP contribution in [0.3, 0.4) is 0 Å². The van der Waals surface area contributed by atoms with Gasteiger partial charge in [-0.2, -0.15) is 5.26 Å². The molecule has 0 radical (unpaired) electrons. The minimum Gasteiger partial charge on any atom is -0.462 e. The van der Waals surface area contributed by atoms with E-state index >= 15 is 0 Å². The summed E-state index contributed by atoms with van der Waals surface area (Å²) in [6, 6.07) is 11.4. The van der Waals surface area contributed by atoms with Gasteiger partial charge in [0.25, 0.3) is 5.91 Å². The number of nitriles is 1. The van der Waals surface area contributed by atoms with Crippen LogP contribution < -0.4 is 5.32 Å². The van der Waals surface area contributed by atoms with E-state index in [1.807, 2.05) is 42.7 Å². The second-order valence-electron chi connectivity index (χ2n) is 7.56. The lowest BCUT2D eigenvalue weighted by molar-refractivity contribution is -0.117. The Hall–Kier alpha value is -3.33. The number of esters is 1. The van der Waals surface area contributed by atoms with Crippen LogP contribution in [0.25, 0.3) is 11.8 Å². The average molecular weight is 405 g/mol. The minimum atomic E-state index is -0.364. The van der Waals surface area contributed by atoms with Crippen molar-refractivity contribution in [2.75, 3.05) is 6.61 Å². The number of amides is 1. The molecule has 1 aliphatic carbocycles. The lowest BCUT2D eigenvalue weighted by Gasteiger charge is -2.12. The van der Waals surface area contributed by atoms with Crippen molar-refractivity contribution in [1.82, 2.24) is 9.88 Å². The molecule has 30 heavy (non-hydrogen) atoms. The number of carbonyl (C=O) groups excluding carboxylic acids is 2. The zero-order valence-electron chi connectivity index (χ0n) is 17.7. The average Bonchev–Trinajstić information content (AvgIpc) is 3.33. The highest BCUT2D eigenvalue weighted by Crippen LogP contribution is 2.24. The van der Waals surface area contributed by atoms with Gasteiger partial charge in [0.1, 0.15) is 11.6 Å². The van der Waals surface area contributed by atoms with E-state index < -0.39 is 0 Å². The molecular formula is C24H27N3O3. The lowest BCUT2D eigenvalue weighted by Crippen LogP contribution is -2.33. The Kier molecular flexibility index (Phi) is 6.73. The first kappa shape index (κ1) is 21.4. The summed E-state index contributed by atoms with van der Waals surface area (Å²) in [4.78, 5) is 24.6. The molecule has 2 aromatic rings. The summed E-state index contributed by atoms with van der Waals surface area (Å²) in [6.07, 6.45) is 5.80. The van der Waals surface area contributed by atoms with E-state index in [0.717, 1.165) is 48.3 Å². The third-order valence-electron chi connectivity index (χ3n) is 5.44. The van der Waals surface area contributed by atoms with Crippen molar-refractivity contribution >= 4 is 18.0 Å². The molecule has 1 fully saturated rings. The number of hydrogen-bond acceptors (Lipinski definition) is 4. The van der Waals surface area contributed by atoms with Crippen LogP contribution in [0, 0.1) is 25.2 Å². The van der Waals surface area contributed by atoms with Gasteiger partial charge < -0.3 is 14.6 Å². The number of nitrogens with one attached hydrogen (secondary N) is 1. The smallest absolute Gasteiger partial charge is 0.338 e. The Morgan fingerprint density at radius 1 is 1.27 bits per heavy atom. The normalized spacial score (nSPS) is 14.4. The van der Waals surface area contributed by atoms with Crippen LogP contribution >= 0.6 is 0 Å². The molecule has 6 nitrogen and oxygen atoms in total. The second-order valence-corrected chi connectivity index (χ2v) is 7.56. The van der Waals surface area contributed by atoms with Gasteiger partial charge in [0.2, 0.25) is 0 Å². The molecule has 1 aromatic carbocycles. The zero-order chi connectivity index (χ0) is 21.7. The maximum absolute atomic E-state index is 12.5. The summed E-state index contributed by atoms with van der Waals surface area (Å²) in [7, 11) is 0. The molecule has 1 N–H and O–H groups in total. The maximum atomic E-state index is 12.5. The van der Waals surface area contributed by atoms with Crippen LogP contribution in [0.15, 0.2) is 35.9 Å². The van der Waals surface area contributed by atoms with Gasteiger partial charge in [-0.15, -0.1) is 0 Å². The topological polar surface area (TPSA) is 84.1 Å². The highest BCUT2D eigenvalue weighted by Gasteiger charge is 2.20. The number of aryl methyl sites for hydroxylation is 1. The Bertz CT molecular complexity index is 1020. The third-order valence-corrected chi connectivity index (χ3v) is 5.44. The number of aromatic nitrogens is 1.